The van der Waals surface area contributed by atoms with E-state index in [4.69, 9.17) is 11.6 Å². The van der Waals surface area contributed by atoms with Gasteiger partial charge in [-0.25, -0.2) is 0 Å². The number of Topliss-reactive ketones (excluding diaryl/α,β-unsaturated/α-hetero) is 1. The largest absolute Gasteiger partial charge is 0.306 e. The van der Waals surface area contributed by atoms with Crippen LogP contribution in [0, 0.1) is 5.92 Å². The smallest absolute Gasteiger partial charge is 0.162 e. The molecule has 0 saturated carbocycles. The number of carbonyl (C=O) groups is 1. The number of carbonyl (C=O) groups excluding carboxylic acids is 1. The highest BCUT2D eigenvalue weighted by atomic mass is 35.5. The highest BCUT2D eigenvalue weighted by molar-refractivity contribution is 6.22. The average molecular weight is 268 g/mol. The topological polar surface area (TPSA) is 20.3 Å². The molecule has 0 bridgehead atoms. The van der Waals surface area contributed by atoms with E-state index in [1.54, 1.807) is 0 Å². The molecular formula is C15H22ClNO. The van der Waals surface area contributed by atoms with E-state index in [9.17, 15) is 4.79 Å². The average Bonchev–Trinajstić information content (AvgIpc) is 2.38. The summed E-state index contributed by atoms with van der Waals surface area (Å²) in [6, 6.07) is 0. The number of rotatable bonds is 3. The molecule has 1 unspecified atom stereocenters. The first-order chi connectivity index (χ1) is 8.60. The molecule has 1 saturated heterocycles. The third-order valence-corrected chi connectivity index (χ3v) is 4.26. The fourth-order valence-corrected chi connectivity index (χ4v) is 3.08. The standard InChI is InChI=1S/C15H22ClNO/c1-3-11-8-13(10-14(16)9-11)15(18)12-4-6-17(2)7-5-12/h8-9,12,14H,3-7,10H2,1-2H3. The van der Waals surface area contributed by atoms with E-state index < -0.39 is 0 Å². The molecule has 0 radical (unpaired) electrons. The lowest BCUT2D eigenvalue weighted by atomic mass is 9.84. The number of hydrogen-bond acceptors (Lipinski definition) is 2. The van der Waals surface area contributed by atoms with Crippen molar-refractivity contribution in [1.82, 2.24) is 4.90 Å². The minimum Gasteiger partial charge on any atom is -0.306 e. The van der Waals surface area contributed by atoms with Crippen molar-refractivity contribution in [3.63, 3.8) is 0 Å². The minimum atomic E-state index is -0.00448. The van der Waals surface area contributed by atoms with Gasteiger partial charge in [0.2, 0.25) is 0 Å². The van der Waals surface area contributed by atoms with Crippen LogP contribution in [-0.2, 0) is 4.79 Å². The molecule has 1 fully saturated rings. The second-order valence-electron chi connectivity index (χ2n) is 5.43. The van der Waals surface area contributed by atoms with Gasteiger partial charge in [0.05, 0.1) is 5.38 Å². The Morgan fingerprint density at radius 3 is 2.72 bits per heavy atom. The van der Waals surface area contributed by atoms with Crippen LogP contribution >= 0.6 is 11.6 Å². The summed E-state index contributed by atoms with van der Waals surface area (Å²) in [5.41, 5.74) is 2.15. The Kier molecular flexibility index (Phi) is 4.63. The summed E-state index contributed by atoms with van der Waals surface area (Å²) in [5, 5.41) is -0.00448. The van der Waals surface area contributed by atoms with Gasteiger partial charge >= 0.3 is 0 Å². The van der Waals surface area contributed by atoms with Crippen LogP contribution in [0.15, 0.2) is 23.3 Å². The molecule has 1 heterocycles. The van der Waals surface area contributed by atoms with Crippen LogP contribution in [0.25, 0.3) is 0 Å². The van der Waals surface area contributed by atoms with Crippen molar-refractivity contribution >= 4 is 17.4 Å². The van der Waals surface area contributed by atoms with Gasteiger partial charge in [-0.05, 0) is 51.4 Å². The summed E-state index contributed by atoms with van der Waals surface area (Å²) in [6.45, 7) is 4.17. The third-order valence-electron chi connectivity index (χ3n) is 3.98. The van der Waals surface area contributed by atoms with Crippen LogP contribution in [-0.4, -0.2) is 36.2 Å². The fourth-order valence-electron chi connectivity index (χ4n) is 2.76. The SMILES string of the molecule is CCC1=CC(Cl)CC(C(=O)C2CCN(C)CC2)=C1. The Morgan fingerprint density at radius 2 is 2.11 bits per heavy atom. The van der Waals surface area contributed by atoms with Crippen molar-refractivity contribution in [2.24, 2.45) is 5.92 Å². The molecule has 3 heteroatoms. The van der Waals surface area contributed by atoms with Gasteiger partial charge in [0.15, 0.2) is 5.78 Å². The van der Waals surface area contributed by atoms with Gasteiger partial charge in [-0.1, -0.05) is 24.6 Å². The number of hydrogen-bond donors (Lipinski definition) is 0. The quantitative estimate of drug-likeness (QED) is 0.732. The Balaban J connectivity index is 2.05. The van der Waals surface area contributed by atoms with E-state index in [0.29, 0.717) is 12.2 Å². The van der Waals surface area contributed by atoms with Crippen molar-refractivity contribution in [3.05, 3.63) is 23.3 Å². The van der Waals surface area contributed by atoms with Crippen LogP contribution < -0.4 is 0 Å². The van der Waals surface area contributed by atoms with Crippen molar-refractivity contribution in [1.29, 1.82) is 0 Å². The zero-order valence-electron chi connectivity index (χ0n) is 11.3. The van der Waals surface area contributed by atoms with Crippen LogP contribution in [0.4, 0.5) is 0 Å². The minimum absolute atomic E-state index is 0.00448. The van der Waals surface area contributed by atoms with Crippen molar-refractivity contribution in [2.45, 2.75) is 38.0 Å². The Morgan fingerprint density at radius 1 is 1.44 bits per heavy atom. The van der Waals surface area contributed by atoms with Crippen LogP contribution in [0.2, 0.25) is 0 Å². The van der Waals surface area contributed by atoms with E-state index in [-0.39, 0.29) is 11.3 Å². The molecule has 2 rings (SSSR count). The number of likely N-dealkylation sites (tertiary alicyclic amines) is 1. The van der Waals surface area contributed by atoms with E-state index in [1.807, 2.05) is 0 Å². The van der Waals surface area contributed by atoms with E-state index in [1.165, 1.54) is 5.57 Å². The molecular weight excluding hydrogens is 246 g/mol. The van der Waals surface area contributed by atoms with Crippen molar-refractivity contribution < 1.29 is 4.79 Å². The zero-order valence-corrected chi connectivity index (χ0v) is 12.0. The molecule has 2 nitrogen and oxygen atoms in total. The lowest BCUT2D eigenvalue weighted by molar-refractivity contribution is -0.120. The van der Waals surface area contributed by atoms with E-state index in [0.717, 1.165) is 37.9 Å². The maximum absolute atomic E-state index is 12.5. The fraction of sp³-hybridized carbons (Fsp3) is 0.667. The Labute approximate surface area is 115 Å². The van der Waals surface area contributed by atoms with Crippen molar-refractivity contribution in [3.8, 4) is 0 Å². The monoisotopic (exact) mass is 267 g/mol. The predicted octanol–water partition coefficient (Wildman–Crippen LogP) is 3.17. The number of ketones is 1. The molecule has 0 aromatic rings. The third kappa shape index (κ3) is 3.24. The number of nitrogens with zero attached hydrogens (tertiary/aromatic N) is 1. The molecule has 1 aliphatic carbocycles. The molecule has 0 amide bonds. The molecule has 0 aromatic carbocycles. The first kappa shape index (κ1) is 13.8. The second-order valence-corrected chi connectivity index (χ2v) is 5.99. The van der Waals surface area contributed by atoms with Gasteiger partial charge in [-0.3, -0.25) is 4.79 Å². The summed E-state index contributed by atoms with van der Waals surface area (Å²) < 4.78 is 0. The van der Waals surface area contributed by atoms with Crippen LogP contribution in [0.5, 0.6) is 0 Å². The van der Waals surface area contributed by atoms with Crippen LogP contribution in [0.3, 0.4) is 0 Å². The Hall–Kier alpha value is -0.600. The molecule has 0 N–H and O–H groups in total. The number of halogens is 1. The summed E-state index contributed by atoms with van der Waals surface area (Å²) >= 11 is 6.21. The summed E-state index contributed by atoms with van der Waals surface area (Å²) in [6.07, 6.45) is 7.78. The maximum atomic E-state index is 12.5. The lowest BCUT2D eigenvalue weighted by Crippen LogP contribution is -2.34. The zero-order chi connectivity index (χ0) is 13.1. The summed E-state index contributed by atoms with van der Waals surface area (Å²) in [7, 11) is 2.12. The van der Waals surface area contributed by atoms with Gasteiger partial charge < -0.3 is 4.90 Å². The van der Waals surface area contributed by atoms with Gasteiger partial charge in [0, 0.05) is 5.92 Å². The lowest BCUT2D eigenvalue weighted by Gasteiger charge is -2.29. The number of piperidine rings is 1. The molecule has 1 atom stereocenters. The normalized spacial score (nSPS) is 26.7. The molecule has 1 aliphatic heterocycles. The van der Waals surface area contributed by atoms with E-state index in [2.05, 4.69) is 31.0 Å². The van der Waals surface area contributed by atoms with Crippen LogP contribution in [0.1, 0.15) is 32.6 Å². The van der Waals surface area contributed by atoms with Gasteiger partial charge in [0.25, 0.3) is 0 Å². The predicted molar refractivity (Wildman–Crippen MR) is 75.9 cm³/mol. The molecule has 100 valence electrons. The first-order valence-corrected chi connectivity index (χ1v) is 7.32. The first-order valence-electron chi connectivity index (χ1n) is 6.88. The summed E-state index contributed by atoms with van der Waals surface area (Å²) in [5.74, 6) is 0.556. The maximum Gasteiger partial charge on any atom is 0.162 e. The molecule has 18 heavy (non-hydrogen) atoms. The van der Waals surface area contributed by atoms with Gasteiger partial charge in [-0.15, -0.1) is 11.6 Å². The highest BCUT2D eigenvalue weighted by Crippen LogP contribution is 2.28. The highest BCUT2D eigenvalue weighted by Gasteiger charge is 2.27. The number of alkyl halides is 1. The summed E-state index contributed by atoms with van der Waals surface area (Å²) in [4.78, 5) is 14.8. The molecule has 0 aromatic heterocycles. The van der Waals surface area contributed by atoms with Crippen molar-refractivity contribution in [2.75, 3.05) is 20.1 Å². The van der Waals surface area contributed by atoms with Gasteiger partial charge in [-0.2, -0.15) is 0 Å². The van der Waals surface area contributed by atoms with Gasteiger partial charge in [0.1, 0.15) is 0 Å². The second kappa shape index (κ2) is 6.03. The number of allylic oxidation sites excluding steroid dienone is 4. The molecule has 2 aliphatic rings. The van der Waals surface area contributed by atoms with E-state index >= 15 is 0 Å². The Bertz CT molecular complexity index is 378. The molecule has 0 spiro atoms.